The van der Waals surface area contributed by atoms with E-state index in [1.54, 1.807) is 54.2 Å². The lowest BCUT2D eigenvalue weighted by Gasteiger charge is -2.07. The third kappa shape index (κ3) is 13.4. The number of rotatable bonds is 9. The van der Waals surface area contributed by atoms with Crippen LogP contribution in [0.3, 0.4) is 0 Å². The van der Waals surface area contributed by atoms with E-state index in [1.165, 1.54) is 12.1 Å². The zero-order valence-corrected chi connectivity index (χ0v) is 26.0. The lowest BCUT2D eigenvalue weighted by molar-refractivity contribution is 0.458. The van der Waals surface area contributed by atoms with Crippen molar-refractivity contribution in [1.29, 1.82) is 0 Å². The minimum atomic E-state index is -3.34. The van der Waals surface area contributed by atoms with Gasteiger partial charge in [0.1, 0.15) is 22.1 Å². The highest BCUT2D eigenvalue weighted by Crippen LogP contribution is 2.29. The van der Waals surface area contributed by atoms with Crippen molar-refractivity contribution >= 4 is 32.4 Å². The molecule has 39 heavy (non-hydrogen) atoms. The maximum absolute atomic E-state index is 11.7. The van der Waals surface area contributed by atoms with Crippen molar-refractivity contribution in [1.82, 2.24) is 0 Å². The van der Waals surface area contributed by atoms with E-state index in [-0.39, 0.29) is 28.1 Å². The number of phenolic OH excluding ortho intramolecular Hbond substituents is 3. The molecular formula is C30H42O6S3. The van der Waals surface area contributed by atoms with E-state index in [1.807, 2.05) is 45.9 Å². The van der Waals surface area contributed by atoms with Crippen LogP contribution in [0.25, 0.3) is 0 Å². The second-order valence-corrected chi connectivity index (χ2v) is 14.7. The third-order valence-corrected chi connectivity index (χ3v) is 10.2. The summed E-state index contributed by atoms with van der Waals surface area (Å²) in [6.45, 7) is 12.0. The summed E-state index contributed by atoms with van der Waals surface area (Å²) in [6, 6.07) is 20.2. The second kappa shape index (κ2) is 17.3. The molecule has 1 unspecified atom stereocenters. The van der Waals surface area contributed by atoms with Gasteiger partial charge >= 0.3 is 0 Å². The number of benzene rings is 3. The van der Waals surface area contributed by atoms with E-state index in [0.29, 0.717) is 28.2 Å². The molecule has 1 atom stereocenters. The predicted molar refractivity (Wildman–Crippen MR) is 163 cm³/mol. The summed E-state index contributed by atoms with van der Waals surface area (Å²) in [5.74, 6) is 3.15. The van der Waals surface area contributed by atoms with Crippen molar-refractivity contribution in [3.63, 3.8) is 0 Å². The van der Waals surface area contributed by atoms with Crippen LogP contribution in [0.15, 0.2) is 87.5 Å². The van der Waals surface area contributed by atoms with Gasteiger partial charge in [0.25, 0.3) is 0 Å². The van der Waals surface area contributed by atoms with Crippen molar-refractivity contribution in [3.8, 4) is 17.2 Å². The zero-order valence-electron chi connectivity index (χ0n) is 23.6. The van der Waals surface area contributed by atoms with Crippen LogP contribution in [0.2, 0.25) is 0 Å². The summed E-state index contributed by atoms with van der Waals surface area (Å²) >= 11 is 1.71. The van der Waals surface area contributed by atoms with Gasteiger partial charge < -0.3 is 15.3 Å². The van der Waals surface area contributed by atoms with Crippen molar-refractivity contribution in [2.45, 2.75) is 56.2 Å². The zero-order chi connectivity index (χ0) is 29.6. The highest BCUT2D eigenvalue weighted by Gasteiger charge is 2.19. The van der Waals surface area contributed by atoms with Crippen molar-refractivity contribution in [2.75, 3.05) is 17.3 Å². The molecule has 0 amide bonds. The Labute approximate surface area is 240 Å². The molecule has 3 aromatic rings. The van der Waals surface area contributed by atoms with Gasteiger partial charge in [0.05, 0.1) is 21.4 Å². The van der Waals surface area contributed by atoms with E-state index in [4.69, 9.17) is 0 Å². The molecule has 0 bridgehead atoms. The molecule has 0 spiro atoms. The first-order valence-electron chi connectivity index (χ1n) is 12.8. The lowest BCUT2D eigenvalue weighted by Crippen LogP contribution is -2.11. The minimum Gasteiger partial charge on any atom is -0.507 e. The molecule has 0 radical (unpaired) electrons. The van der Waals surface area contributed by atoms with Gasteiger partial charge in [0.15, 0.2) is 9.84 Å². The first kappa shape index (κ1) is 34.5. The number of sulfone groups is 1. The van der Waals surface area contributed by atoms with E-state index in [9.17, 15) is 27.9 Å². The van der Waals surface area contributed by atoms with Crippen LogP contribution in [-0.4, -0.2) is 45.2 Å². The monoisotopic (exact) mass is 594 g/mol. The summed E-state index contributed by atoms with van der Waals surface area (Å²) in [7, 11) is -4.42. The summed E-state index contributed by atoms with van der Waals surface area (Å²) in [5.41, 5.74) is 0. The van der Waals surface area contributed by atoms with E-state index >= 15 is 0 Å². The first-order valence-corrected chi connectivity index (χ1v) is 16.8. The van der Waals surface area contributed by atoms with Crippen LogP contribution in [0.4, 0.5) is 0 Å². The predicted octanol–water partition coefficient (Wildman–Crippen LogP) is 7.12. The third-order valence-electron chi connectivity index (χ3n) is 4.79. The van der Waals surface area contributed by atoms with Crippen molar-refractivity contribution in [2.24, 2.45) is 17.8 Å². The number of phenols is 3. The standard InChI is InChI=1S/C10H14O3S.C10H14O2S.C10H14OS/c1-8(2)7-14(12,13)10-6-4-3-5-9(10)11;1-8(2)7-13(12)10-6-4-3-5-9(10)11;1-8(2)7-12-10-6-4-3-5-9(10)11/h3-6,8,11H,7H2,1-2H3;3-6,8,11H,7H2,1-2H3;3-6,8,11H,7H2,1-2H3. The highest BCUT2D eigenvalue weighted by molar-refractivity contribution is 7.99. The molecule has 9 heteroatoms. The van der Waals surface area contributed by atoms with Gasteiger partial charge in [-0.1, -0.05) is 77.9 Å². The fourth-order valence-corrected chi connectivity index (χ4v) is 7.08. The Hall–Kier alpha value is -2.49. The Morgan fingerprint density at radius 1 is 0.692 bits per heavy atom. The smallest absolute Gasteiger partial charge is 0.182 e. The Kier molecular flexibility index (Phi) is 15.3. The van der Waals surface area contributed by atoms with Crippen molar-refractivity contribution in [3.05, 3.63) is 72.8 Å². The fourth-order valence-electron chi connectivity index (χ4n) is 3.13. The van der Waals surface area contributed by atoms with E-state index in [2.05, 4.69) is 13.8 Å². The van der Waals surface area contributed by atoms with Gasteiger partial charge in [0.2, 0.25) is 0 Å². The number of para-hydroxylation sites is 3. The highest BCUT2D eigenvalue weighted by atomic mass is 32.2. The summed E-state index contributed by atoms with van der Waals surface area (Å²) in [5, 5.41) is 28.2. The van der Waals surface area contributed by atoms with Crippen LogP contribution in [0.5, 0.6) is 17.2 Å². The van der Waals surface area contributed by atoms with Gasteiger partial charge in [-0.2, -0.15) is 0 Å². The molecule has 0 saturated heterocycles. The lowest BCUT2D eigenvalue weighted by atomic mass is 10.3. The molecule has 0 aliphatic rings. The first-order chi connectivity index (χ1) is 18.2. The molecule has 0 aliphatic carbocycles. The molecule has 0 aromatic heterocycles. The largest absolute Gasteiger partial charge is 0.507 e. The minimum absolute atomic E-state index is 0.0219. The second-order valence-electron chi connectivity index (χ2n) is 10.2. The molecular weight excluding hydrogens is 553 g/mol. The van der Waals surface area contributed by atoms with E-state index in [0.717, 1.165) is 10.6 Å². The van der Waals surface area contributed by atoms with Gasteiger partial charge in [-0.05, 0) is 54.2 Å². The molecule has 0 fully saturated rings. The normalized spacial score (nSPS) is 11.9. The van der Waals surface area contributed by atoms with Crippen LogP contribution in [0.1, 0.15) is 41.5 Å². The molecule has 6 nitrogen and oxygen atoms in total. The summed E-state index contributed by atoms with van der Waals surface area (Å²) in [4.78, 5) is 1.54. The molecule has 3 N–H and O–H groups in total. The quantitative estimate of drug-likeness (QED) is 0.226. The van der Waals surface area contributed by atoms with Crippen LogP contribution < -0.4 is 0 Å². The average molecular weight is 595 g/mol. The van der Waals surface area contributed by atoms with Crippen LogP contribution >= 0.6 is 11.8 Å². The topological polar surface area (TPSA) is 112 Å². The fraction of sp³-hybridized carbons (Fsp3) is 0.400. The van der Waals surface area contributed by atoms with Gasteiger partial charge in [0, 0.05) is 16.4 Å². The maximum Gasteiger partial charge on any atom is 0.182 e. The van der Waals surface area contributed by atoms with E-state index < -0.39 is 20.6 Å². The SMILES string of the molecule is CC(C)CS(=O)(=O)c1ccccc1O.CC(C)CS(=O)c1ccccc1O.CC(C)CSc1ccccc1O. The number of hydrogen-bond donors (Lipinski definition) is 3. The molecule has 0 aliphatic heterocycles. The molecule has 0 saturated carbocycles. The van der Waals surface area contributed by atoms with Gasteiger partial charge in [-0.15, -0.1) is 11.8 Å². The number of thioether (sulfide) groups is 1. The summed E-state index contributed by atoms with van der Waals surface area (Å²) < 4.78 is 35.0. The van der Waals surface area contributed by atoms with Crippen molar-refractivity contribution < 1.29 is 27.9 Å². The van der Waals surface area contributed by atoms with Crippen LogP contribution in [0, 0.1) is 17.8 Å². The Balaban J connectivity index is 0.000000293. The van der Waals surface area contributed by atoms with Gasteiger partial charge in [-0.25, -0.2) is 8.42 Å². The number of hydrogen-bond acceptors (Lipinski definition) is 7. The van der Waals surface area contributed by atoms with Gasteiger partial charge in [-0.3, -0.25) is 4.21 Å². The molecule has 216 valence electrons. The number of aromatic hydroxyl groups is 3. The Morgan fingerprint density at radius 3 is 1.69 bits per heavy atom. The van der Waals surface area contributed by atoms with Crippen LogP contribution in [-0.2, 0) is 20.6 Å². The Bertz CT molecular complexity index is 1270. The Morgan fingerprint density at radius 2 is 1.21 bits per heavy atom. The average Bonchev–Trinajstić information content (AvgIpc) is 2.83. The molecule has 3 aromatic carbocycles. The molecule has 0 heterocycles. The summed E-state index contributed by atoms with van der Waals surface area (Å²) in [6.07, 6.45) is 0. The molecule has 3 rings (SSSR count). The maximum atomic E-state index is 11.7.